The number of hydrogen-bond donors (Lipinski definition) is 3. The number of aliphatic hydroxyl groups is 1. The van der Waals surface area contributed by atoms with Gasteiger partial charge in [-0.2, -0.15) is 0 Å². The number of aliphatic hydroxyl groups excluding tert-OH is 1. The van der Waals surface area contributed by atoms with E-state index in [1.807, 2.05) is 0 Å². The van der Waals surface area contributed by atoms with Gasteiger partial charge in [0.1, 0.15) is 5.82 Å². The molecule has 1 aromatic rings. The van der Waals surface area contributed by atoms with Crippen molar-refractivity contribution in [2.45, 2.75) is 19.4 Å². The molecule has 6 heteroatoms. The minimum absolute atomic E-state index is 0.0480. The van der Waals surface area contributed by atoms with Crippen molar-refractivity contribution in [3.05, 3.63) is 30.1 Å². The molecule has 3 N–H and O–H groups in total. The summed E-state index contributed by atoms with van der Waals surface area (Å²) in [5, 5.41) is 13.5. The Morgan fingerprint density at radius 2 is 2.00 bits per heavy atom. The molecular weight excluding hydrogens is 239 g/mol. The molecule has 5 nitrogen and oxygen atoms in total. The fourth-order valence-corrected chi connectivity index (χ4v) is 1.22. The summed E-state index contributed by atoms with van der Waals surface area (Å²) >= 11 is 0. The van der Waals surface area contributed by atoms with Gasteiger partial charge in [0, 0.05) is 6.54 Å². The molecule has 0 bridgehead atoms. The van der Waals surface area contributed by atoms with Gasteiger partial charge in [-0.3, -0.25) is 9.59 Å². The first-order valence-electron chi connectivity index (χ1n) is 5.52. The lowest BCUT2D eigenvalue weighted by Crippen LogP contribution is -2.36. The van der Waals surface area contributed by atoms with Gasteiger partial charge in [0.15, 0.2) is 0 Å². The van der Waals surface area contributed by atoms with Crippen molar-refractivity contribution in [1.29, 1.82) is 0 Å². The second-order valence-electron chi connectivity index (χ2n) is 3.83. The van der Waals surface area contributed by atoms with E-state index in [1.165, 1.54) is 18.2 Å². The predicted octanol–water partition coefficient (Wildman–Crippen LogP) is 0.651. The fraction of sp³-hybridized carbons (Fsp3) is 0.333. The summed E-state index contributed by atoms with van der Waals surface area (Å²) < 4.78 is 13.2. The molecule has 0 aliphatic rings. The van der Waals surface area contributed by atoms with Crippen molar-refractivity contribution in [3.8, 4) is 0 Å². The van der Waals surface area contributed by atoms with E-state index in [1.54, 1.807) is 13.0 Å². The lowest BCUT2D eigenvalue weighted by atomic mass is 10.3. The summed E-state index contributed by atoms with van der Waals surface area (Å²) in [5.41, 5.74) is -0.0480. The van der Waals surface area contributed by atoms with Crippen molar-refractivity contribution in [3.63, 3.8) is 0 Å². The van der Waals surface area contributed by atoms with E-state index in [0.717, 1.165) is 0 Å². The van der Waals surface area contributed by atoms with Crippen LogP contribution in [0.2, 0.25) is 0 Å². The van der Waals surface area contributed by atoms with E-state index in [-0.39, 0.29) is 12.2 Å². The zero-order chi connectivity index (χ0) is 13.5. The summed E-state index contributed by atoms with van der Waals surface area (Å²) in [5.74, 6) is -2.41. The highest BCUT2D eigenvalue weighted by Gasteiger charge is 2.14. The van der Waals surface area contributed by atoms with E-state index in [0.29, 0.717) is 6.42 Å². The van der Waals surface area contributed by atoms with Crippen molar-refractivity contribution in [1.82, 2.24) is 5.32 Å². The second-order valence-corrected chi connectivity index (χ2v) is 3.83. The molecule has 0 saturated carbocycles. The van der Waals surface area contributed by atoms with Crippen LogP contribution in [0, 0.1) is 5.82 Å². The summed E-state index contributed by atoms with van der Waals surface area (Å²) in [4.78, 5) is 22.7. The van der Waals surface area contributed by atoms with E-state index in [2.05, 4.69) is 10.6 Å². The maximum atomic E-state index is 13.2. The highest BCUT2D eigenvalue weighted by atomic mass is 19.1. The number of nitrogens with one attached hydrogen (secondary N) is 2. The third-order valence-corrected chi connectivity index (χ3v) is 2.18. The van der Waals surface area contributed by atoms with Crippen LogP contribution in [0.1, 0.15) is 13.3 Å². The average Bonchev–Trinajstić information content (AvgIpc) is 2.31. The average molecular weight is 254 g/mol. The Balaban J connectivity index is 2.46. The number of carbonyl (C=O) groups excluding carboxylic acids is 2. The molecule has 0 aliphatic heterocycles. The molecule has 0 heterocycles. The molecule has 1 unspecified atom stereocenters. The zero-order valence-electron chi connectivity index (χ0n) is 9.94. The van der Waals surface area contributed by atoms with Crippen LogP contribution in [0.25, 0.3) is 0 Å². The number of hydrogen-bond acceptors (Lipinski definition) is 3. The van der Waals surface area contributed by atoms with Crippen LogP contribution < -0.4 is 10.6 Å². The molecule has 18 heavy (non-hydrogen) atoms. The highest BCUT2D eigenvalue weighted by molar-refractivity contribution is 6.39. The van der Waals surface area contributed by atoms with Crippen LogP contribution in [-0.4, -0.2) is 29.6 Å². The monoisotopic (exact) mass is 254 g/mol. The van der Waals surface area contributed by atoms with E-state index in [4.69, 9.17) is 5.11 Å². The minimum Gasteiger partial charge on any atom is -0.393 e. The van der Waals surface area contributed by atoms with Crippen LogP contribution >= 0.6 is 0 Å². The number of benzene rings is 1. The number of rotatable bonds is 4. The topological polar surface area (TPSA) is 78.4 Å². The summed E-state index contributed by atoms with van der Waals surface area (Å²) in [6.45, 7) is 1.76. The summed E-state index contributed by atoms with van der Waals surface area (Å²) in [6.07, 6.45) is -0.210. The number of para-hydroxylation sites is 1. The predicted molar refractivity (Wildman–Crippen MR) is 64.3 cm³/mol. The Bertz CT molecular complexity index is 435. The van der Waals surface area contributed by atoms with Gasteiger partial charge < -0.3 is 15.7 Å². The molecule has 0 radical (unpaired) electrons. The third kappa shape index (κ3) is 4.50. The quantitative estimate of drug-likeness (QED) is 0.690. The Hall–Kier alpha value is -1.95. The molecule has 1 aromatic carbocycles. The lowest BCUT2D eigenvalue weighted by Gasteiger charge is -2.07. The summed E-state index contributed by atoms with van der Waals surface area (Å²) in [6, 6.07) is 5.56. The summed E-state index contributed by atoms with van der Waals surface area (Å²) in [7, 11) is 0. The molecule has 0 fully saturated rings. The first-order chi connectivity index (χ1) is 8.50. The molecular formula is C12H15FN2O3. The maximum Gasteiger partial charge on any atom is 0.313 e. The highest BCUT2D eigenvalue weighted by Crippen LogP contribution is 2.11. The van der Waals surface area contributed by atoms with Crippen LogP contribution in [0.15, 0.2) is 24.3 Å². The third-order valence-electron chi connectivity index (χ3n) is 2.18. The minimum atomic E-state index is -0.939. The van der Waals surface area contributed by atoms with Crippen molar-refractivity contribution < 1.29 is 19.1 Å². The van der Waals surface area contributed by atoms with Gasteiger partial charge in [0.25, 0.3) is 0 Å². The molecule has 98 valence electrons. The van der Waals surface area contributed by atoms with Crippen molar-refractivity contribution in [2.24, 2.45) is 0 Å². The number of halogens is 1. The van der Waals surface area contributed by atoms with Crippen LogP contribution in [0.5, 0.6) is 0 Å². The standard InChI is InChI=1S/C12H15FN2O3/c1-8(16)6-7-14-11(17)12(18)15-10-5-3-2-4-9(10)13/h2-5,8,16H,6-7H2,1H3,(H,14,17)(H,15,18). The molecule has 0 aliphatic carbocycles. The Morgan fingerprint density at radius 3 is 2.61 bits per heavy atom. The lowest BCUT2D eigenvalue weighted by molar-refractivity contribution is -0.136. The van der Waals surface area contributed by atoms with Crippen LogP contribution in [-0.2, 0) is 9.59 Å². The molecule has 0 saturated heterocycles. The van der Waals surface area contributed by atoms with Gasteiger partial charge >= 0.3 is 11.8 Å². The molecule has 1 rings (SSSR count). The Morgan fingerprint density at radius 1 is 1.33 bits per heavy atom. The number of anilines is 1. The molecule has 1 atom stereocenters. The van der Waals surface area contributed by atoms with Crippen LogP contribution in [0.4, 0.5) is 10.1 Å². The number of amides is 2. The SMILES string of the molecule is CC(O)CCNC(=O)C(=O)Nc1ccccc1F. The fourth-order valence-electron chi connectivity index (χ4n) is 1.22. The normalized spacial score (nSPS) is 11.7. The molecule has 0 aromatic heterocycles. The van der Waals surface area contributed by atoms with Crippen molar-refractivity contribution in [2.75, 3.05) is 11.9 Å². The van der Waals surface area contributed by atoms with Crippen LogP contribution in [0.3, 0.4) is 0 Å². The van der Waals surface area contributed by atoms with E-state index in [9.17, 15) is 14.0 Å². The Labute approximate surface area is 104 Å². The van der Waals surface area contributed by atoms with Gasteiger partial charge in [-0.15, -0.1) is 0 Å². The van der Waals surface area contributed by atoms with Gasteiger partial charge in [-0.05, 0) is 25.5 Å². The Kier molecular flexibility index (Phi) is 5.26. The van der Waals surface area contributed by atoms with Gasteiger partial charge in [-0.25, -0.2) is 4.39 Å². The first-order valence-corrected chi connectivity index (χ1v) is 5.52. The smallest absolute Gasteiger partial charge is 0.313 e. The van der Waals surface area contributed by atoms with Gasteiger partial charge in [-0.1, -0.05) is 12.1 Å². The second kappa shape index (κ2) is 6.70. The van der Waals surface area contributed by atoms with Crippen molar-refractivity contribution >= 4 is 17.5 Å². The first kappa shape index (κ1) is 14.1. The zero-order valence-corrected chi connectivity index (χ0v) is 9.94. The number of carbonyl (C=O) groups is 2. The maximum absolute atomic E-state index is 13.2. The van der Waals surface area contributed by atoms with E-state index < -0.39 is 23.7 Å². The van der Waals surface area contributed by atoms with Gasteiger partial charge in [0.2, 0.25) is 0 Å². The van der Waals surface area contributed by atoms with E-state index >= 15 is 0 Å². The largest absolute Gasteiger partial charge is 0.393 e. The molecule has 2 amide bonds. The molecule has 0 spiro atoms. The van der Waals surface area contributed by atoms with Gasteiger partial charge in [0.05, 0.1) is 11.8 Å².